The van der Waals surface area contributed by atoms with Gasteiger partial charge in [0.2, 0.25) is 0 Å². The number of halogens is 1. The van der Waals surface area contributed by atoms with E-state index >= 15 is 0 Å². The van der Waals surface area contributed by atoms with Crippen LogP contribution in [0.5, 0.6) is 0 Å². The van der Waals surface area contributed by atoms with Crippen LogP contribution in [0.3, 0.4) is 0 Å². The summed E-state index contributed by atoms with van der Waals surface area (Å²) in [6.45, 7) is 2.31. The topological polar surface area (TPSA) is 41.1 Å². The van der Waals surface area contributed by atoms with Crippen LogP contribution in [0, 0.1) is 3.57 Å². The number of nitrogens with one attached hydrogen (secondary N) is 1. The summed E-state index contributed by atoms with van der Waals surface area (Å²) in [4.78, 5) is 11.0. The normalized spacial score (nSPS) is 28.9. The maximum Gasteiger partial charge on any atom is 0.145 e. The number of hydrogen-bond acceptors (Lipinski definition) is 4. The molecule has 1 N–H and O–H groups in total. The standard InChI is InChI=1S/C12H17IN4/c13-9-7-14-8-16-12(9)17-6-2-4-11(17)10-3-1-5-15-10/h7-8,10-11,15H,1-6H2. The average molecular weight is 344 g/mol. The summed E-state index contributed by atoms with van der Waals surface area (Å²) in [6.07, 6.45) is 8.76. The van der Waals surface area contributed by atoms with Crippen molar-refractivity contribution < 1.29 is 0 Å². The van der Waals surface area contributed by atoms with E-state index in [-0.39, 0.29) is 0 Å². The highest BCUT2D eigenvalue weighted by atomic mass is 127. The van der Waals surface area contributed by atoms with Gasteiger partial charge in [-0.25, -0.2) is 9.97 Å². The highest BCUT2D eigenvalue weighted by Crippen LogP contribution is 2.30. The Morgan fingerprint density at radius 2 is 2.29 bits per heavy atom. The highest BCUT2D eigenvalue weighted by molar-refractivity contribution is 14.1. The molecule has 17 heavy (non-hydrogen) atoms. The molecule has 2 aliphatic rings. The van der Waals surface area contributed by atoms with Gasteiger partial charge in [0.1, 0.15) is 12.1 Å². The molecule has 0 radical (unpaired) electrons. The molecule has 3 rings (SSSR count). The van der Waals surface area contributed by atoms with Crippen LogP contribution in [0.4, 0.5) is 5.82 Å². The van der Waals surface area contributed by atoms with E-state index < -0.39 is 0 Å². The molecule has 2 fully saturated rings. The molecule has 0 bridgehead atoms. The van der Waals surface area contributed by atoms with E-state index in [4.69, 9.17) is 0 Å². The van der Waals surface area contributed by atoms with Crippen LogP contribution < -0.4 is 10.2 Å². The van der Waals surface area contributed by atoms with E-state index in [0.717, 1.165) is 15.9 Å². The summed E-state index contributed by atoms with van der Waals surface area (Å²) in [5.41, 5.74) is 0. The quantitative estimate of drug-likeness (QED) is 0.831. The van der Waals surface area contributed by atoms with Gasteiger partial charge in [-0.1, -0.05) is 0 Å². The molecule has 0 spiro atoms. The van der Waals surface area contributed by atoms with Gasteiger partial charge in [0.05, 0.1) is 3.57 Å². The molecule has 1 aromatic rings. The molecule has 2 aliphatic heterocycles. The van der Waals surface area contributed by atoms with Crippen LogP contribution >= 0.6 is 22.6 Å². The van der Waals surface area contributed by atoms with Crippen LogP contribution in [0.2, 0.25) is 0 Å². The van der Waals surface area contributed by atoms with Crippen molar-refractivity contribution in [3.05, 3.63) is 16.1 Å². The van der Waals surface area contributed by atoms with Gasteiger partial charge in [-0.3, -0.25) is 0 Å². The fraction of sp³-hybridized carbons (Fsp3) is 0.667. The lowest BCUT2D eigenvalue weighted by atomic mass is 10.0. The second kappa shape index (κ2) is 5.06. The molecule has 4 nitrogen and oxygen atoms in total. The van der Waals surface area contributed by atoms with Crippen LogP contribution in [0.15, 0.2) is 12.5 Å². The summed E-state index contributed by atoms with van der Waals surface area (Å²) < 4.78 is 1.16. The first-order valence-corrected chi connectivity index (χ1v) is 7.39. The first-order chi connectivity index (χ1) is 8.36. The highest BCUT2D eigenvalue weighted by Gasteiger charge is 2.34. The van der Waals surface area contributed by atoms with Crippen LogP contribution in [0.25, 0.3) is 0 Å². The number of hydrogen-bond donors (Lipinski definition) is 1. The van der Waals surface area contributed by atoms with Crippen molar-refractivity contribution in [1.82, 2.24) is 15.3 Å². The Labute approximate surface area is 115 Å². The molecule has 5 heteroatoms. The second-order valence-corrected chi connectivity index (χ2v) is 5.96. The van der Waals surface area contributed by atoms with E-state index in [9.17, 15) is 0 Å². The Morgan fingerprint density at radius 3 is 3.06 bits per heavy atom. The lowest BCUT2D eigenvalue weighted by Crippen LogP contribution is -2.44. The van der Waals surface area contributed by atoms with Gasteiger partial charge in [0.15, 0.2) is 0 Å². The van der Waals surface area contributed by atoms with Gasteiger partial charge >= 0.3 is 0 Å². The number of anilines is 1. The van der Waals surface area contributed by atoms with Gasteiger partial charge in [0, 0.05) is 24.8 Å². The molecule has 1 aromatic heterocycles. The molecule has 0 aliphatic carbocycles. The third-order valence-electron chi connectivity index (χ3n) is 3.78. The van der Waals surface area contributed by atoms with Crippen LogP contribution in [-0.4, -0.2) is 35.1 Å². The Hall–Kier alpha value is -0.430. The first kappa shape index (κ1) is 11.6. The zero-order chi connectivity index (χ0) is 11.7. The third kappa shape index (κ3) is 2.27. The largest absolute Gasteiger partial charge is 0.351 e. The zero-order valence-electron chi connectivity index (χ0n) is 9.77. The molecule has 0 aromatic carbocycles. The molecule has 2 unspecified atom stereocenters. The Balaban J connectivity index is 1.84. The lowest BCUT2D eigenvalue weighted by Gasteiger charge is -2.30. The van der Waals surface area contributed by atoms with Gasteiger partial charge in [-0.05, 0) is 54.8 Å². The second-order valence-electron chi connectivity index (χ2n) is 4.80. The van der Waals surface area contributed by atoms with Crippen molar-refractivity contribution in [3.63, 3.8) is 0 Å². The fourth-order valence-electron chi connectivity index (χ4n) is 3.03. The summed E-state index contributed by atoms with van der Waals surface area (Å²) in [6, 6.07) is 1.28. The predicted octanol–water partition coefficient (Wildman–Crippen LogP) is 1.80. The minimum absolute atomic E-state index is 0.626. The molecule has 2 saturated heterocycles. The first-order valence-electron chi connectivity index (χ1n) is 6.32. The van der Waals surface area contributed by atoms with Crippen LogP contribution in [0.1, 0.15) is 25.7 Å². The fourth-order valence-corrected chi connectivity index (χ4v) is 3.64. The predicted molar refractivity (Wildman–Crippen MR) is 76.1 cm³/mol. The minimum Gasteiger partial charge on any atom is -0.351 e. The molecule has 3 heterocycles. The monoisotopic (exact) mass is 344 g/mol. The van der Waals surface area contributed by atoms with Gasteiger partial charge in [-0.15, -0.1) is 0 Å². The Bertz CT molecular complexity index is 392. The SMILES string of the molecule is Ic1cncnc1N1CCCC1C1CCCN1. The number of aromatic nitrogens is 2. The molecule has 2 atom stereocenters. The van der Waals surface area contributed by atoms with Gasteiger partial charge in [-0.2, -0.15) is 0 Å². The summed E-state index contributed by atoms with van der Waals surface area (Å²) >= 11 is 2.34. The maximum absolute atomic E-state index is 4.46. The van der Waals surface area contributed by atoms with E-state index in [1.54, 1.807) is 6.33 Å². The number of rotatable bonds is 2. The van der Waals surface area contributed by atoms with Gasteiger partial charge < -0.3 is 10.2 Å². The third-order valence-corrected chi connectivity index (χ3v) is 4.54. The summed E-state index contributed by atoms with van der Waals surface area (Å²) in [5, 5.41) is 3.63. The van der Waals surface area contributed by atoms with Gasteiger partial charge in [0.25, 0.3) is 0 Å². The summed E-state index contributed by atoms with van der Waals surface area (Å²) in [7, 11) is 0. The van der Waals surface area contributed by atoms with Crippen molar-refractivity contribution >= 4 is 28.4 Å². The smallest absolute Gasteiger partial charge is 0.145 e. The Kier molecular flexibility index (Phi) is 3.46. The molecular formula is C12H17IN4. The number of nitrogens with zero attached hydrogens (tertiary/aromatic N) is 3. The van der Waals surface area contributed by atoms with Crippen molar-refractivity contribution in [1.29, 1.82) is 0 Å². The van der Waals surface area contributed by atoms with Crippen LogP contribution in [-0.2, 0) is 0 Å². The van der Waals surface area contributed by atoms with Crippen molar-refractivity contribution in [3.8, 4) is 0 Å². The average Bonchev–Trinajstić information content (AvgIpc) is 3.00. The summed E-state index contributed by atoms with van der Waals surface area (Å²) in [5.74, 6) is 1.12. The van der Waals surface area contributed by atoms with Crippen molar-refractivity contribution in [2.24, 2.45) is 0 Å². The molecule has 0 amide bonds. The minimum atomic E-state index is 0.626. The zero-order valence-corrected chi connectivity index (χ0v) is 11.9. The van der Waals surface area contributed by atoms with E-state index in [2.05, 4.69) is 42.8 Å². The molecular weight excluding hydrogens is 327 g/mol. The Morgan fingerprint density at radius 1 is 1.35 bits per heavy atom. The maximum atomic E-state index is 4.46. The lowest BCUT2D eigenvalue weighted by molar-refractivity contribution is 0.480. The molecule has 0 saturated carbocycles. The molecule has 92 valence electrons. The van der Waals surface area contributed by atoms with Crippen molar-refractivity contribution in [2.75, 3.05) is 18.0 Å². The van der Waals surface area contributed by atoms with E-state index in [1.807, 2.05) is 6.20 Å². The van der Waals surface area contributed by atoms with Crippen molar-refractivity contribution in [2.45, 2.75) is 37.8 Å². The van der Waals surface area contributed by atoms with E-state index in [0.29, 0.717) is 12.1 Å². The van der Waals surface area contributed by atoms with E-state index in [1.165, 1.54) is 32.2 Å².